The molecule has 0 aliphatic rings. The normalized spacial score (nSPS) is 11.0. The van der Waals surface area contributed by atoms with Crippen LogP contribution in [0.4, 0.5) is 0 Å². The fourth-order valence-electron chi connectivity index (χ4n) is 2.44. The highest BCUT2D eigenvalue weighted by molar-refractivity contribution is 7.98. The summed E-state index contributed by atoms with van der Waals surface area (Å²) < 4.78 is 2.22. The van der Waals surface area contributed by atoms with E-state index in [-0.39, 0.29) is 0 Å². The smallest absolute Gasteiger partial charge is 0.110 e. The SMILES string of the molecule is CSCCCCCNCc1cnc(C)n1-c1ccccc1. The second kappa shape index (κ2) is 8.90. The lowest BCUT2D eigenvalue weighted by atomic mass is 10.2. The van der Waals surface area contributed by atoms with Crippen molar-refractivity contribution < 1.29 is 0 Å². The molecule has 4 heteroatoms. The third-order valence-electron chi connectivity index (χ3n) is 3.53. The first-order valence-electron chi connectivity index (χ1n) is 7.61. The van der Waals surface area contributed by atoms with Gasteiger partial charge in [-0.1, -0.05) is 24.6 Å². The van der Waals surface area contributed by atoms with Crippen molar-refractivity contribution in [2.75, 3.05) is 18.6 Å². The summed E-state index contributed by atoms with van der Waals surface area (Å²) in [6.45, 7) is 4.00. The Bertz CT molecular complexity index is 522. The van der Waals surface area contributed by atoms with Crippen molar-refractivity contribution in [1.29, 1.82) is 0 Å². The van der Waals surface area contributed by atoms with E-state index in [9.17, 15) is 0 Å². The maximum absolute atomic E-state index is 4.45. The Morgan fingerprint density at radius 1 is 1.14 bits per heavy atom. The zero-order valence-electron chi connectivity index (χ0n) is 13.0. The summed E-state index contributed by atoms with van der Waals surface area (Å²) in [5, 5.41) is 3.53. The number of aryl methyl sites for hydroxylation is 1. The summed E-state index contributed by atoms with van der Waals surface area (Å²) >= 11 is 1.93. The maximum Gasteiger partial charge on any atom is 0.110 e. The van der Waals surface area contributed by atoms with Crippen molar-refractivity contribution in [2.45, 2.75) is 32.7 Å². The molecule has 21 heavy (non-hydrogen) atoms. The molecule has 0 aliphatic carbocycles. The highest BCUT2D eigenvalue weighted by Crippen LogP contribution is 2.14. The van der Waals surface area contributed by atoms with Gasteiger partial charge >= 0.3 is 0 Å². The Kier molecular flexibility index (Phi) is 6.83. The molecule has 0 radical (unpaired) electrons. The molecule has 2 rings (SSSR count). The van der Waals surface area contributed by atoms with Crippen molar-refractivity contribution in [3.8, 4) is 5.69 Å². The number of nitrogens with one attached hydrogen (secondary N) is 1. The van der Waals surface area contributed by atoms with Crippen molar-refractivity contribution in [3.63, 3.8) is 0 Å². The van der Waals surface area contributed by atoms with Crippen LogP contribution in [0.25, 0.3) is 5.69 Å². The number of rotatable bonds is 9. The first kappa shape index (κ1) is 16.1. The molecule has 0 unspecified atom stereocenters. The molecule has 0 saturated heterocycles. The topological polar surface area (TPSA) is 29.9 Å². The summed E-state index contributed by atoms with van der Waals surface area (Å²) in [4.78, 5) is 4.45. The predicted molar refractivity (Wildman–Crippen MR) is 92.2 cm³/mol. The molecule has 0 saturated carbocycles. The van der Waals surface area contributed by atoms with E-state index in [1.54, 1.807) is 0 Å². The molecule has 1 aromatic carbocycles. The molecule has 0 amide bonds. The van der Waals surface area contributed by atoms with Crippen molar-refractivity contribution in [2.24, 2.45) is 0 Å². The van der Waals surface area contributed by atoms with Crippen LogP contribution >= 0.6 is 11.8 Å². The summed E-state index contributed by atoms with van der Waals surface area (Å²) in [7, 11) is 0. The van der Waals surface area contributed by atoms with Crippen LogP contribution in [0.15, 0.2) is 36.5 Å². The fourth-order valence-corrected chi connectivity index (χ4v) is 2.93. The largest absolute Gasteiger partial charge is 0.311 e. The lowest BCUT2D eigenvalue weighted by molar-refractivity contribution is 0.607. The highest BCUT2D eigenvalue weighted by atomic mass is 32.2. The van der Waals surface area contributed by atoms with Crippen LogP contribution in [-0.2, 0) is 6.54 Å². The average Bonchev–Trinajstić information content (AvgIpc) is 2.88. The van der Waals surface area contributed by atoms with E-state index < -0.39 is 0 Å². The predicted octanol–water partition coefficient (Wildman–Crippen LogP) is 3.80. The van der Waals surface area contributed by atoms with E-state index in [1.807, 2.05) is 24.0 Å². The zero-order valence-corrected chi connectivity index (χ0v) is 13.8. The van der Waals surface area contributed by atoms with Gasteiger partial charge < -0.3 is 5.32 Å². The molecule has 114 valence electrons. The Balaban J connectivity index is 1.84. The van der Waals surface area contributed by atoms with Crippen molar-refractivity contribution in [1.82, 2.24) is 14.9 Å². The van der Waals surface area contributed by atoms with Gasteiger partial charge in [-0.3, -0.25) is 4.57 Å². The molecule has 1 aromatic heterocycles. The second-order valence-corrected chi connectivity index (χ2v) is 6.18. The number of hydrogen-bond acceptors (Lipinski definition) is 3. The van der Waals surface area contributed by atoms with E-state index in [0.29, 0.717) is 0 Å². The first-order chi connectivity index (χ1) is 10.3. The van der Waals surface area contributed by atoms with Gasteiger partial charge in [-0.05, 0) is 50.5 Å². The lowest BCUT2D eigenvalue weighted by Gasteiger charge is -2.11. The van der Waals surface area contributed by atoms with Crippen LogP contribution in [0.5, 0.6) is 0 Å². The first-order valence-corrected chi connectivity index (χ1v) is 9.00. The summed E-state index contributed by atoms with van der Waals surface area (Å²) in [5.74, 6) is 2.32. The van der Waals surface area contributed by atoms with Crippen LogP contribution in [0.3, 0.4) is 0 Å². The minimum absolute atomic E-state index is 0.873. The molecule has 1 heterocycles. The van der Waals surface area contributed by atoms with Gasteiger partial charge in [0.1, 0.15) is 5.82 Å². The number of thioether (sulfide) groups is 1. The standard InChI is InChI=1S/C17H25N3S/c1-15-19-14-17(13-18-11-7-4-8-12-21-2)20(15)16-9-5-3-6-10-16/h3,5-6,9-10,14,18H,4,7-8,11-13H2,1-2H3. The highest BCUT2D eigenvalue weighted by Gasteiger charge is 2.07. The molecule has 3 nitrogen and oxygen atoms in total. The number of imidazole rings is 1. The quantitative estimate of drug-likeness (QED) is 0.715. The fraction of sp³-hybridized carbons (Fsp3) is 0.471. The lowest BCUT2D eigenvalue weighted by Crippen LogP contribution is -2.17. The molecule has 1 N–H and O–H groups in total. The number of para-hydroxylation sites is 1. The van der Waals surface area contributed by atoms with E-state index in [1.165, 1.54) is 36.4 Å². The summed E-state index contributed by atoms with van der Waals surface area (Å²) in [6.07, 6.45) is 8.03. The van der Waals surface area contributed by atoms with Crippen LogP contribution < -0.4 is 5.32 Å². The van der Waals surface area contributed by atoms with E-state index >= 15 is 0 Å². The van der Waals surface area contributed by atoms with Crippen LogP contribution in [-0.4, -0.2) is 28.1 Å². The van der Waals surface area contributed by atoms with Gasteiger partial charge in [-0.2, -0.15) is 11.8 Å². The number of aromatic nitrogens is 2. The van der Waals surface area contributed by atoms with Gasteiger partial charge in [-0.25, -0.2) is 4.98 Å². The Hall–Kier alpha value is -1.26. The zero-order chi connectivity index (χ0) is 14.9. The minimum atomic E-state index is 0.873. The molecule has 2 aromatic rings. The van der Waals surface area contributed by atoms with Gasteiger partial charge in [-0.15, -0.1) is 0 Å². The minimum Gasteiger partial charge on any atom is -0.311 e. The third kappa shape index (κ3) is 4.90. The Morgan fingerprint density at radius 3 is 2.71 bits per heavy atom. The Morgan fingerprint density at radius 2 is 1.95 bits per heavy atom. The summed E-state index contributed by atoms with van der Waals surface area (Å²) in [6, 6.07) is 10.4. The van der Waals surface area contributed by atoms with Gasteiger partial charge in [0.15, 0.2) is 0 Å². The van der Waals surface area contributed by atoms with Gasteiger partial charge in [0.25, 0.3) is 0 Å². The number of nitrogens with zero attached hydrogens (tertiary/aromatic N) is 2. The van der Waals surface area contributed by atoms with Gasteiger partial charge in [0.05, 0.1) is 11.9 Å². The van der Waals surface area contributed by atoms with E-state index in [2.05, 4.69) is 52.3 Å². The molecular formula is C17H25N3S. The Labute approximate surface area is 132 Å². The number of unbranched alkanes of at least 4 members (excludes halogenated alkanes) is 2. The molecule has 0 atom stereocenters. The maximum atomic E-state index is 4.45. The second-order valence-electron chi connectivity index (χ2n) is 5.20. The van der Waals surface area contributed by atoms with Crippen molar-refractivity contribution in [3.05, 3.63) is 48.0 Å². The van der Waals surface area contributed by atoms with Gasteiger partial charge in [0.2, 0.25) is 0 Å². The van der Waals surface area contributed by atoms with Gasteiger partial charge in [0, 0.05) is 12.2 Å². The molecule has 0 aliphatic heterocycles. The molecule has 0 fully saturated rings. The van der Waals surface area contributed by atoms with E-state index in [0.717, 1.165) is 18.9 Å². The number of hydrogen-bond donors (Lipinski definition) is 1. The van der Waals surface area contributed by atoms with Crippen LogP contribution in [0, 0.1) is 6.92 Å². The average molecular weight is 303 g/mol. The molecular weight excluding hydrogens is 278 g/mol. The van der Waals surface area contributed by atoms with Crippen LogP contribution in [0.2, 0.25) is 0 Å². The van der Waals surface area contributed by atoms with E-state index in [4.69, 9.17) is 0 Å². The number of benzene rings is 1. The molecule has 0 bridgehead atoms. The van der Waals surface area contributed by atoms with Crippen LogP contribution in [0.1, 0.15) is 30.8 Å². The summed E-state index contributed by atoms with van der Waals surface area (Å²) in [5.41, 5.74) is 2.41. The molecule has 0 spiro atoms. The van der Waals surface area contributed by atoms with Crippen molar-refractivity contribution >= 4 is 11.8 Å². The third-order valence-corrected chi connectivity index (χ3v) is 4.23. The monoisotopic (exact) mass is 303 g/mol.